The first-order valence-corrected chi connectivity index (χ1v) is 7.98. The Morgan fingerprint density at radius 2 is 1.76 bits per heavy atom. The third-order valence-electron chi connectivity index (χ3n) is 3.25. The highest BCUT2D eigenvalue weighted by Crippen LogP contribution is 2.30. The highest BCUT2D eigenvalue weighted by Gasteiger charge is 2.22. The smallest absolute Gasteiger partial charge is 0.265 e. The Morgan fingerprint density at radius 3 is 2.29 bits per heavy atom. The number of anilines is 1. The van der Waals surface area contributed by atoms with Crippen LogP contribution in [-0.2, 0) is 10.0 Å². The van der Waals surface area contributed by atoms with Crippen LogP contribution in [0.1, 0.15) is 22.6 Å². The van der Waals surface area contributed by atoms with Gasteiger partial charge in [0.25, 0.3) is 10.0 Å². The van der Waals surface area contributed by atoms with Gasteiger partial charge in [0, 0.05) is 11.6 Å². The molecule has 114 valence electrons. The van der Waals surface area contributed by atoms with E-state index in [1.807, 2.05) is 19.9 Å². The molecule has 0 radical (unpaired) electrons. The summed E-state index contributed by atoms with van der Waals surface area (Å²) in [4.78, 5) is 0.153. The topological polar surface area (TPSA) is 68.5 Å². The Morgan fingerprint density at radius 1 is 1.10 bits per heavy atom. The van der Waals surface area contributed by atoms with Gasteiger partial charge >= 0.3 is 0 Å². The lowest BCUT2D eigenvalue weighted by molar-refractivity contribution is 0.411. The summed E-state index contributed by atoms with van der Waals surface area (Å²) >= 11 is 0. The van der Waals surface area contributed by atoms with Gasteiger partial charge in [0.15, 0.2) is 0 Å². The number of methoxy groups -OCH3 is 1. The van der Waals surface area contributed by atoms with E-state index < -0.39 is 10.0 Å². The van der Waals surface area contributed by atoms with Crippen molar-refractivity contribution in [3.05, 3.63) is 40.8 Å². The number of rotatable bonds is 4. The predicted octanol–water partition coefficient (Wildman–Crippen LogP) is 3.32. The molecule has 0 unspecified atom stereocenters. The van der Waals surface area contributed by atoms with Gasteiger partial charge in [0.05, 0.1) is 12.8 Å². The molecule has 0 bridgehead atoms. The molecule has 1 N–H and O–H groups in total. The van der Waals surface area contributed by atoms with E-state index in [1.165, 1.54) is 6.07 Å². The lowest BCUT2D eigenvalue weighted by atomic mass is 10.1. The molecule has 2 aromatic rings. The van der Waals surface area contributed by atoms with Gasteiger partial charge in [-0.25, -0.2) is 8.42 Å². The Bertz CT molecular complexity index is 775. The standard InChI is InChI=1S/C15H19NO4S/c1-9-6-13(11(3)14(7-9)19-5)16-21(17,18)15-8-10(2)20-12(15)4/h6-8,16H,1-5H3. The Hall–Kier alpha value is -1.95. The molecule has 2 rings (SSSR count). The molecule has 0 aliphatic rings. The summed E-state index contributed by atoms with van der Waals surface area (Å²) in [7, 11) is -2.13. The Balaban J connectivity index is 2.46. The van der Waals surface area contributed by atoms with Gasteiger partial charge in [0.1, 0.15) is 22.2 Å². The molecule has 0 fully saturated rings. The molecule has 0 saturated heterocycles. The molecule has 6 heteroatoms. The van der Waals surface area contributed by atoms with E-state index in [0.29, 0.717) is 23.0 Å². The van der Waals surface area contributed by atoms with Gasteiger partial charge in [-0.3, -0.25) is 4.72 Å². The zero-order valence-corrected chi connectivity index (χ0v) is 13.6. The first-order valence-electron chi connectivity index (χ1n) is 6.49. The lowest BCUT2D eigenvalue weighted by Crippen LogP contribution is -2.14. The van der Waals surface area contributed by atoms with Crippen LogP contribution in [0.5, 0.6) is 5.75 Å². The summed E-state index contributed by atoms with van der Waals surface area (Å²) in [5, 5.41) is 0. The predicted molar refractivity (Wildman–Crippen MR) is 81.5 cm³/mol. The van der Waals surface area contributed by atoms with Gasteiger partial charge in [-0.05, 0) is 45.4 Å². The van der Waals surface area contributed by atoms with E-state index in [-0.39, 0.29) is 4.90 Å². The van der Waals surface area contributed by atoms with E-state index in [2.05, 4.69) is 4.72 Å². The van der Waals surface area contributed by atoms with Crippen LogP contribution >= 0.6 is 0 Å². The fourth-order valence-electron chi connectivity index (χ4n) is 2.22. The second-order valence-electron chi connectivity index (χ2n) is 5.02. The minimum Gasteiger partial charge on any atom is -0.496 e. The molecule has 1 aromatic heterocycles. The van der Waals surface area contributed by atoms with Crippen LogP contribution in [0.4, 0.5) is 5.69 Å². The number of ether oxygens (including phenoxy) is 1. The SMILES string of the molecule is COc1cc(C)cc(NS(=O)(=O)c2cc(C)oc2C)c1C. The fourth-order valence-corrected chi connectivity index (χ4v) is 3.57. The lowest BCUT2D eigenvalue weighted by Gasteiger charge is -2.14. The molecule has 0 aliphatic heterocycles. The van der Waals surface area contributed by atoms with Crippen molar-refractivity contribution < 1.29 is 17.6 Å². The quantitative estimate of drug-likeness (QED) is 0.940. The van der Waals surface area contributed by atoms with Crippen molar-refractivity contribution in [1.29, 1.82) is 0 Å². The molecule has 0 amide bonds. The Labute approximate surface area is 125 Å². The molecule has 1 aromatic carbocycles. The van der Waals surface area contributed by atoms with E-state index in [9.17, 15) is 8.42 Å². The fraction of sp³-hybridized carbons (Fsp3) is 0.333. The molecule has 21 heavy (non-hydrogen) atoms. The number of hydrogen-bond donors (Lipinski definition) is 1. The highest BCUT2D eigenvalue weighted by molar-refractivity contribution is 7.92. The van der Waals surface area contributed by atoms with Gasteiger partial charge in [0.2, 0.25) is 0 Å². The van der Waals surface area contributed by atoms with Crippen LogP contribution in [-0.4, -0.2) is 15.5 Å². The second kappa shape index (κ2) is 5.44. The maximum absolute atomic E-state index is 12.5. The molecule has 0 atom stereocenters. The van der Waals surface area contributed by atoms with Crippen LogP contribution in [0.25, 0.3) is 0 Å². The number of hydrogen-bond acceptors (Lipinski definition) is 4. The van der Waals surface area contributed by atoms with Crippen molar-refractivity contribution >= 4 is 15.7 Å². The summed E-state index contributed by atoms with van der Waals surface area (Å²) in [6.07, 6.45) is 0. The van der Waals surface area contributed by atoms with Crippen LogP contribution in [0.3, 0.4) is 0 Å². The minimum atomic E-state index is -3.69. The molecule has 5 nitrogen and oxygen atoms in total. The van der Waals surface area contributed by atoms with Crippen molar-refractivity contribution in [1.82, 2.24) is 0 Å². The first-order chi connectivity index (χ1) is 9.74. The molecule has 1 heterocycles. The van der Waals surface area contributed by atoms with Gasteiger partial charge in [-0.1, -0.05) is 0 Å². The monoisotopic (exact) mass is 309 g/mol. The number of aryl methyl sites for hydroxylation is 3. The van der Waals surface area contributed by atoms with E-state index in [1.54, 1.807) is 27.0 Å². The van der Waals surface area contributed by atoms with Gasteiger partial charge < -0.3 is 9.15 Å². The van der Waals surface area contributed by atoms with E-state index in [4.69, 9.17) is 9.15 Å². The average molecular weight is 309 g/mol. The van der Waals surface area contributed by atoms with Crippen molar-refractivity contribution in [3.8, 4) is 5.75 Å². The maximum Gasteiger partial charge on any atom is 0.265 e. The van der Waals surface area contributed by atoms with Crippen molar-refractivity contribution in [2.45, 2.75) is 32.6 Å². The molecule has 0 aliphatic carbocycles. The number of furan rings is 1. The summed E-state index contributed by atoms with van der Waals surface area (Å²) in [6, 6.07) is 5.15. The van der Waals surface area contributed by atoms with Crippen LogP contribution < -0.4 is 9.46 Å². The molecule has 0 saturated carbocycles. The van der Waals surface area contributed by atoms with E-state index >= 15 is 0 Å². The summed E-state index contributed by atoms with van der Waals surface area (Å²) < 4.78 is 38.1. The van der Waals surface area contributed by atoms with Crippen molar-refractivity contribution in [2.75, 3.05) is 11.8 Å². The van der Waals surface area contributed by atoms with Gasteiger partial charge in [-0.15, -0.1) is 0 Å². The number of sulfonamides is 1. The normalized spacial score (nSPS) is 11.5. The Kier molecular flexibility index (Phi) is 4.00. The van der Waals surface area contributed by atoms with E-state index in [0.717, 1.165) is 11.1 Å². The zero-order valence-electron chi connectivity index (χ0n) is 12.8. The molecular formula is C15H19NO4S. The number of benzene rings is 1. The maximum atomic E-state index is 12.5. The third-order valence-corrected chi connectivity index (χ3v) is 4.73. The highest BCUT2D eigenvalue weighted by atomic mass is 32.2. The summed E-state index contributed by atoms with van der Waals surface area (Å²) in [6.45, 7) is 7.04. The summed E-state index contributed by atoms with van der Waals surface area (Å²) in [5.74, 6) is 1.58. The zero-order chi connectivity index (χ0) is 15.8. The molecule has 0 spiro atoms. The third kappa shape index (κ3) is 3.05. The van der Waals surface area contributed by atoms with Crippen molar-refractivity contribution in [3.63, 3.8) is 0 Å². The van der Waals surface area contributed by atoms with Crippen LogP contribution in [0.2, 0.25) is 0 Å². The van der Waals surface area contributed by atoms with Crippen molar-refractivity contribution in [2.24, 2.45) is 0 Å². The minimum absolute atomic E-state index is 0.153. The largest absolute Gasteiger partial charge is 0.496 e. The summed E-state index contributed by atoms with van der Waals surface area (Å²) in [5.41, 5.74) is 2.16. The number of nitrogens with one attached hydrogen (secondary N) is 1. The van der Waals surface area contributed by atoms with Crippen LogP contribution in [0, 0.1) is 27.7 Å². The second-order valence-corrected chi connectivity index (χ2v) is 6.67. The van der Waals surface area contributed by atoms with Crippen LogP contribution in [0.15, 0.2) is 27.5 Å². The van der Waals surface area contributed by atoms with Gasteiger partial charge in [-0.2, -0.15) is 0 Å². The average Bonchev–Trinajstić information content (AvgIpc) is 2.73. The molecular weight excluding hydrogens is 290 g/mol. The first kappa shape index (κ1) is 15.4.